The second-order valence-electron chi connectivity index (χ2n) is 7.68. The summed E-state index contributed by atoms with van der Waals surface area (Å²) >= 11 is 1.74. The molecule has 2 saturated heterocycles. The molecule has 1 amide bonds. The Morgan fingerprint density at radius 1 is 1.07 bits per heavy atom. The lowest BCUT2D eigenvalue weighted by molar-refractivity contribution is -0.134. The van der Waals surface area contributed by atoms with E-state index in [0.717, 1.165) is 58.9 Å². The van der Waals surface area contributed by atoms with E-state index in [1.54, 1.807) is 23.6 Å². The van der Waals surface area contributed by atoms with E-state index in [2.05, 4.69) is 41.5 Å². The van der Waals surface area contributed by atoms with E-state index in [1.807, 2.05) is 11.8 Å². The number of ether oxygens (including phenoxy) is 1. The Bertz CT molecular complexity index is 802. The largest absolute Gasteiger partial charge is 0.478 e. The predicted molar refractivity (Wildman–Crippen MR) is 118 cm³/mol. The smallest absolute Gasteiger partial charge is 0.236 e. The van der Waals surface area contributed by atoms with Crippen molar-refractivity contribution >= 4 is 23.2 Å². The Balaban J connectivity index is 1.20. The van der Waals surface area contributed by atoms with Gasteiger partial charge in [-0.3, -0.25) is 14.6 Å². The van der Waals surface area contributed by atoms with Crippen molar-refractivity contribution < 1.29 is 9.53 Å². The third-order valence-corrected chi connectivity index (χ3v) is 6.37. The number of hydrogen-bond acceptors (Lipinski definition) is 8. The van der Waals surface area contributed by atoms with E-state index >= 15 is 0 Å². The molecule has 0 atom stereocenters. The normalized spacial score (nSPS) is 18.6. The summed E-state index contributed by atoms with van der Waals surface area (Å²) in [5.41, 5.74) is 1.37. The molecule has 4 heterocycles. The molecule has 162 valence electrons. The van der Waals surface area contributed by atoms with E-state index in [1.165, 1.54) is 5.56 Å². The summed E-state index contributed by atoms with van der Waals surface area (Å²) in [6, 6.07) is 3.96. The average molecular weight is 431 g/mol. The van der Waals surface area contributed by atoms with Gasteiger partial charge in [-0.1, -0.05) is 0 Å². The van der Waals surface area contributed by atoms with Crippen molar-refractivity contribution in [1.82, 2.24) is 24.7 Å². The summed E-state index contributed by atoms with van der Waals surface area (Å²) in [5.74, 6) is 1.56. The molecule has 2 aliphatic heterocycles. The molecule has 2 fully saturated rings. The van der Waals surface area contributed by atoms with Crippen molar-refractivity contribution in [3.63, 3.8) is 0 Å². The van der Waals surface area contributed by atoms with Crippen LogP contribution in [0.25, 0.3) is 0 Å². The number of nitrogens with zero attached hydrogens (tertiary/aromatic N) is 6. The third-order valence-electron chi connectivity index (χ3n) is 5.63. The highest BCUT2D eigenvalue weighted by atomic mass is 32.1. The highest BCUT2D eigenvalue weighted by Crippen LogP contribution is 2.15. The van der Waals surface area contributed by atoms with Crippen molar-refractivity contribution in [3.8, 4) is 5.88 Å². The van der Waals surface area contributed by atoms with Crippen molar-refractivity contribution in [2.75, 3.05) is 70.4 Å². The molecule has 0 bridgehead atoms. The average Bonchev–Trinajstić information content (AvgIpc) is 3.28. The number of carbonyl (C=O) groups is 1. The summed E-state index contributed by atoms with van der Waals surface area (Å²) in [5, 5.41) is 4.33. The summed E-state index contributed by atoms with van der Waals surface area (Å²) in [7, 11) is 0. The number of thiophene rings is 1. The maximum absolute atomic E-state index is 12.8. The Hall–Kier alpha value is -2.23. The molecule has 2 aliphatic rings. The number of carbonyl (C=O) groups excluding carboxylic acids is 1. The number of amides is 1. The van der Waals surface area contributed by atoms with Crippen molar-refractivity contribution in [2.24, 2.45) is 0 Å². The van der Waals surface area contributed by atoms with Crippen LogP contribution in [0.1, 0.15) is 12.5 Å². The first kappa shape index (κ1) is 21.0. The number of rotatable bonds is 7. The number of aromatic nitrogens is 2. The highest BCUT2D eigenvalue weighted by Gasteiger charge is 2.25. The van der Waals surface area contributed by atoms with Crippen LogP contribution in [-0.2, 0) is 11.3 Å². The molecular formula is C21H30N6O2S. The van der Waals surface area contributed by atoms with Gasteiger partial charge in [0, 0.05) is 71.2 Å². The zero-order valence-corrected chi connectivity index (χ0v) is 18.4. The topological polar surface area (TPSA) is 65.0 Å². The molecule has 2 aromatic rings. The first-order valence-electron chi connectivity index (χ1n) is 10.7. The molecule has 0 N–H and O–H groups in total. The standard InChI is InChI=1S/C21H30N6O2S/c1-2-29-19-3-5-22-21(23-19)27-12-8-25(9-13-27)16-20(28)26-10-6-24(7-11-26)15-18-4-14-30-17-18/h3-5,14,17H,2,6-13,15-16H2,1H3. The van der Waals surface area contributed by atoms with Crippen LogP contribution in [0.3, 0.4) is 0 Å². The van der Waals surface area contributed by atoms with Gasteiger partial charge in [-0.25, -0.2) is 4.98 Å². The predicted octanol–water partition coefficient (Wildman–Crippen LogP) is 1.40. The molecule has 4 rings (SSSR count). The molecule has 8 nitrogen and oxygen atoms in total. The molecule has 0 saturated carbocycles. The van der Waals surface area contributed by atoms with Crippen LogP contribution < -0.4 is 9.64 Å². The first-order chi connectivity index (χ1) is 14.7. The van der Waals surface area contributed by atoms with Gasteiger partial charge in [0.1, 0.15) is 0 Å². The van der Waals surface area contributed by atoms with E-state index in [9.17, 15) is 4.79 Å². The lowest BCUT2D eigenvalue weighted by Gasteiger charge is -2.38. The first-order valence-corrected chi connectivity index (χ1v) is 11.6. The second-order valence-corrected chi connectivity index (χ2v) is 8.46. The summed E-state index contributed by atoms with van der Waals surface area (Å²) in [4.78, 5) is 30.5. The van der Waals surface area contributed by atoms with Crippen LogP contribution in [0, 0.1) is 0 Å². The lowest BCUT2D eigenvalue weighted by Crippen LogP contribution is -2.53. The lowest BCUT2D eigenvalue weighted by atomic mass is 10.2. The minimum absolute atomic E-state index is 0.244. The molecule has 0 aliphatic carbocycles. The van der Waals surface area contributed by atoms with Crippen LogP contribution in [0.4, 0.5) is 5.95 Å². The van der Waals surface area contributed by atoms with Gasteiger partial charge in [0.2, 0.25) is 17.7 Å². The fraction of sp³-hybridized carbons (Fsp3) is 0.571. The quantitative estimate of drug-likeness (QED) is 0.658. The fourth-order valence-electron chi connectivity index (χ4n) is 3.91. The van der Waals surface area contributed by atoms with Crippen molar-refractivity contribution in [1.29, 1.82) is 0 Å². The highest BCUT2D eigenvalue weighted by molar-refractivity contribution is 7.07. The van der Waals surface area contributed by atoms with Gasteiger partial charge < -0.3 is 14.5 Å². The van der Waals surface area contributed by atoms with Gasteiger partial charge >= 0.3 is 0 Å². The third kappa shape index (κ3) is 5.47. The fourth-order valence-corrected chi connectivity index (χ4v) is 4.57. The van der Waals surface area contributed by atoms with Crippen LogP contribution in [0.15, 0.2) is 29.1 Å². The van der Waals surface area contributed by atoms with Gasteiger partial charge in [-0.05, 0) is 29.3 Å². The summed E-state index contributed by atoms with van der Waals surface area (Å²) in [6.45, 7) is 10.9. The Kier molecular flexibility index (Phi) is 7.14. The zero-order valence-electron chi connectivity index (χ0n) is 17.6. The summed E-state index contributed by atoms with van der Waals surface area (Å²) < 4.78 is 5.47. The number of anilines is 1. The molecule has 0 aromatic carbocycles. The van der Waals surface area contributed by atoms with Gasteiger partial charge in [-0.2, -0.15) is 16.3 Å². The van der Waals surface area contributed by atoms with Gasteiger partial charge in [0.15, 0.2) is 0 Å². The molecule has 0 spiro atoms. The Labute approximate surface area is 182 Å². The maximum atomic E-state index is 12.8. The SMILES string of the molecule is CCOc1ccnc(N2CCN(CC(=O)N3CCN(Cc4ccsc4)CC3)CC2)n1. The van der Waals surface area contributed by atoms with Crippen LogP contribution in [-0.4, -0.2) is 96.1 Å². The second kappa shape index (κ2) is 10.2. The Morgan fingerprint density at radius 2 is 1.83 bits per heavy atom. The minimum atomic E-state index is 0.244. The van der Waals surface area contributed by atoms with E-state index < -0.39 is 0 Å². The van der Waals surface area contributed by atoms with Crippen LogP contribution in [0.2, 0.25) is 0 Å². The molecule has 2 aromatic heterocycles. The van der Waals surface area contributed by atoms with Gasteiger partial charge in [0.05, 0.1) is 13.2 Å². The van der Waals surface area contributed by atoms with Crippen molar-refractivity contribution in [3.05, 3.63) is 34.7 Å². The Morgan fingerprint density at radius 3 is 2.53 bits per heavy atom. The maximum Gasteiger partial charge on any atom is 0.236 e. The van der Waals surface area contributed by atoms with Crippen LogP contribution >= 0.6 is 11.3 Å². The van der Waals surface area contributed by atoms with E-state index in [0.29, 0.717) is 25.0 Å². The molecule has 0 unspecified atom stereocenters. The summed E-state index contributed by atoms with van der Waals surface area (Å²) in [6.07, 6.45) is 1.74. The monoisotopic (exact) mass is 430 g/mol. The zero-order chi connectivity index (χ0) is 20.8. The van der Waals surface area contributed by atoms with E-state index in [4.69, 9.17) is 4.74 Å². The number of piperazine rings is 2. The molecular weight excluding hydrogens is 400 g/mol. The van der Waals surface area contributed by atoms with E-state index in [-0.39, 0.29) is 5.91 Å². The molecule has 9 heteroatoms. The van der Waals surface area contributed by atoms with Crippen LogP contribution in [0.5, 0.6) is 5.88 Å². The van der Waals surface area contributed by atoms with Gasteiger partial charge in [0.25, 0.3) is 0 Å². The minimum Gasteiger partial charge on any atom is -0.478 e. The molecule has 0 radical (unpaired) electrons. The number of hydrogen-bond donors (Lipinski definition) is 0. The van der Waals surface area contributed by atoms with Crippen molar-refractivity contribution in [2.45, 2.75) is 13.5 Å². The van der Waals surface area contributed by atoms with Gasteiger partial charge in [-0.15, -0.1) is 0 Å². The molecule has 30 heavy (non-hydrogen) atoms.